The number of hydrogen-bond acceptors (Lipinski definition) is 4. The second kappa shape index (κ2) is 4.40. The summed E-state index contributed by atoms with van der Waals surface area (Å²) in [6.07, 6.45) is -4.98. The minimum Gasteiger partial charge on any atom is -0.332 e. The van der Waals surface area contributed by atoms with Crippen LogP contribution in [0.4, 0.5) is 18.2 Å². The van der Waals surface area contributed by atoms with Gasteiger partial charge in [0.05, 0.1) is 3.79 Å². The number of nitrogens with zero attached hydrogens (tertiary/aromatic N) is 1. The van der Waals surface area contributed by atoms with E-state index in [0.29, 0.717) is 5.00 Å². The van der Waals surface area contributed by atoms with Gasteiger partial charge in [-0.15, -0.1) is 11.3 Å². The molecule has 1 aromatic rings. The Morgan fingerprint density at radius 1 is 1.53 bits per heavy atom. The van der Waals surface area contributed by atoms with Gasteiger partial charge in [0, 0.05) is 7.05 Å². The van der Waals surface area contributed by atoms with E-state index in [2.05, 4.69) is 20.8 Å². The first kappa shape index (κ1) is 12.3. The van der Waals surface area contributed by atoms with Crippen molar-refractivity contribution in [2.75, 3.05) is 12.1 Å². The molecule has 0 atom stereocenters. The molecule has 15 heavy (non-hydrogen) atoms. The molecular weight excluding hydrogens is 299 g/mol. The van der Waals surface area contributed by atoms with Gasteiger partial charge in [-0.05, 0) is 28.1 Å². The van der Waals surface area contributed by atoms with Crippen LogP contribution in [0.2, 0.25) is 0 Å². The summed E-state index contributed by atoms with van der Waals surface area (Å²) in [5.41, 5.74) is 0. The number of alkyl halides is 3. The number of halogens is 4. The zero-order valence-corrected chi connectivity index (χ0v) is 9.74. The van der Waals surface area contributed by atoms with Gasteiger partial charge in [-0.25, -0.2) is 4.79 Å². The first-order valence-corrected chi connectivity index (χ1v) is 5.20. The average molecular weight is 304 g/mol. The second-order valence-corrected chi connectivity index (χ2v) is 4.89. The second-order valence-electron chi connectivity index (χ2n) is 2.45. The van der Waals surface area contributed by atoms with E-state index in [1.165, 1.54) is 13.1 Å². The molecule has 0 aromatic carbocycles. The van der Waals surface area contributed by atoms with Gasteiger partial charge in [0.1, 0.15) is 5.00 Å². The maximum absolute atomic E-state index is 11.8. The zero-order chi connectivity index (χ0) is 11.6. The summed E-state index contributed by atoms with van der Waals surface area (Å²) in [5.74, 6) is -2.24. The van der Waals surface area contributed by atoms with Gasteiger partial charge < -0.3 is 4.84 Å². The molecule has 0 saturated heterocycles. The first-order chi connectivity index (χ1) is 6.80. The molecule has 0 amide bonds. The fourth-order valence-electron chi connectivity index (χ4n) is 0.695. The van der Waals surface area contributed by atoms with Crippen molar-refractivity contribution in [3.05, 3.63) is 15.9 Å². The van der Waals surface area contributed by atoms with Crippen LogP contribution in [0.3, 0.4) is 0 Å². The number of hydroxylamine groups is 1. The Kier molecular flexibility index (Phi) is 3.61. The van der Waals surface area contributed by atoms with Crippen LogP contribution in [0, 0.1) is 0 Å². The molecule has 0 saturated carbocycles. The lowest BCUT2D eigenvalue weighted by Gasteiger charge is -2.16. The smallest absolute Gasteiger partial charge is 0.332 e. The topological polar surface area (TPSA) is 29.5 Å². The highest BCUT2D eigenvalue weighted by Gasteiger charge is 2.42. The number of carbonyl (C=O) groups is 1. The van der Waals surface area contributed by atoms with Crippen molar-refractivity contribution in [2.24, 2.45) is 0 Å². The number of anilines is 1. The standard InChI is InChI=1S/C7H5BrF3NO2S/c1-12(5-3-2-4(8)15-5)14-6(13)7(9,10)11/h2-3H,1H3. The van der Waals surface area contributed by atoms with Gasteiger partial charge in [-0.1, -0.05) is 0 Å². The zero-order valence-electron chi connectivity index (χ0n) is 7.34. The highest BCUT2D eigenvalue weighted by atomic mass is 79.9. The van der Waals surface area contributed by atoms with Crippen LogP contribution < -0.4 is 5.06 Å². The average Bonchev–Trinajstić information content (AvgIpc) is 2.50. The number of thiophene rings is 1. The number of hydrogen-bond donors (Lipinski definition) is 0. The van der Waals surface area contributed by atoms with Crippen molar-refractivity contribution in [1.82, 2.24) is 0 Å². The Morgan fingerprint density at radius 2 is 2.13 bits per heavy atom. The third-order valence-corrected chi connectivity index (χ3v) is 3.00. The van der Waals surface area contributed by atoms with E-state index in [-0.39, 0.29) is 0 Å². The minimum atomic E-state index is -4.98. The molecule has 0 fully saturated rings. The third-order valence-electron chi connectivity index (χ3n) is 1.32. The van der Waals surface area contributed by atoms with Crippen LogP contribution in [0.5, 0.6) is 0 Å². The van der Waals surface area contributed by atoms with Crippen molar-refractivity contribution in [3.8, 4) is 0 Å². The van der Waals surface area contributed by atoms with Crippen molar-refractivity contribution in [2.45, 2.75) is 6.18 Å². The largest absolute Gasteiger partial charge is 0.493 e. The maximum atomic E-state index is 11.8. The van der Waals surface area contributed by atoms with Gasteiger partial charge in [-0.3, -0.25) is 0 Å². The molecule has 1 heterocycles. The summed E-state index contributed by atoms with van der Waals surface area (Å²) < 4.78 is 36.2. The van der Waals surface area contributed by atoms with Crippen LogP contribution in [0.15, 0.2) is 15.9 Å². The van der Waals surface area contributed by atoms with E-state index < -0.39 is 12.1 Å². The highest BCUT2D eigenvalue weighted by Crippen LogP contribution is 2.30. The number of carbonyl (C=O) groups excluding carboxylic acids is 1. The van der Waals surface area contributed by atoms with Crippen LogP contribution in [-0.4, -0.2) is 19.2 Å². The molecule has 0 radical (unpaired) electrons. The van der Waals surface area contributed by atoms with Crippen molar-refractivity contribution in [1.29, 1.82) is 0 Å². The van der Waals surface area contributed by atoms with E-state index >= 15 is 0 Å². The van der Waals surface area contributed by atoms with Gasteiger partial charge in [-0.2, -0.15) is 18.2 Å². The molecular formula is C7H5BrF3NO2S. The molecule has 1 aromatic heterocycles. The fraction of sp³-hybridized carbons (Fsp3) is 0.286. The van der Waals surface area contributed by atoms with Gasteiger partial charge in [0.2, 0.25) is 0 Å². The summed E-state index contributed by atoms with van der Waals surface area (Å²) >= 11 is 4.28. The summed E-state index contributed by atoms with van der Waals surface area (Å²) in [6, 6.07) is 3.16. The van der Waals surface area contributed by atoms with Crippen molar-refractivity contribution in [3.63, 3.8) is 0 Å². The van der Waals surface area contributed by atoms with E-state index in [9.17, 15) is 18.0 Å². The number of rotatable bonds is 2. The van der Waals surface area contributed by atoms with Crippen LogP contribution >= 0.6 is 27.3 Å². The van der Waals surface area contributed by atoms with Crippen LogP contribution in [-0.2, 0) is 9.63 Å². The highest BCUT2D eigenvalue weighted by molar-refractivity contribution is 9.11. The molecule has 0 spiro atoms. The Balaban J connectivity index is 2.64. The molecule has 0 aliphatic rings. The van der Waals surface area contributed by atoms with Crippen molar-refractivity contribution < 1.29 is 22.8 Å². The summed E-state index contributed by atoms with van der Waals surface area (Å²) in [4.78, 5) is 14.5. The van der Waals surface area contributed by atoms with E-state index in [1.807, 2.05) is 0 Å². The molecule has 0 unspecified atom stereocenters. The Bertz CT molecular complexity index is 365. The SMILES string of the molecule is CN(OC(=O)C(F)(F)F)c1ccc(Br)s1. The van der Waals surface area contributed by atoms with E-state index in [0.717, 1.165) is 20.2 Å². The maximum Gasteiger partial charge on any atom is 0.493 e. The summed E-state index contributed by atoms with van der Waals surface area (Å²) in [5, 5.41) is 1.16. The molecule has 3 nitrogen and oxygen atoms in total. The summed E-state index contributed by atoms with van der Waals surface area (Å²) in [7, 11) is 1.22. The van der Waals surface area contributed by atoms with Gasteiger partial charge in [0.15, 0.2) is 0 Å². The Labute approximate surface area is 95.5 Å². The normalized spacial score (nSPS) is 11.3. The van der Waals surface area contributed by atoms with E-state index in [4.69, 9.17) is 0 Å². The van der Waals surface area contributed by atoms with E-state index in [1.54, 1.807) is 6.07 Å². The lowest BCUT2D eigenvalue weighted by molar-refractivity contribution is -0.200. The quantitative estimate of drug-likeness (QED) is 0.787. The monoisotopic (exact) mass is 303 g/mol. The molecule has 0 aliphatic carbocycles. The fourth-order valence-corrected chi connectivity index (χ4v) is 1.96. The third kappa shape index (κ3) is 3.38. The lowest BCUT2D eigenvalue weighted by Crippen LogP contribution is -2.32. The predicted molar refractivity (Wildman–Crippen MR) is 52.6 cm³/mol. The Hall–Kier alpha value is -0.760. The van der Waals surface area contributed by atoms with Crippen LogP contribution in [0.1, 0.15) is 0 Å². The van der Waals surface area contributed by atoms with Crippen LogP contribution in [0.25, 0.3) is 0 Å². The molecule has 0 bridgehead atoms. The summed E-state index contributed by atoms with van der Waals surface area (Å²) in [6.45, 7) is 0. The van der Waals surface area contributed by atoms with Crippen molar-refractivity contribution >= 4 is 38.2 Å². The Morgan fingerprint density at radius 3 is 2.53 bits per heavy atom. The molecule has 8 heteroatoms. The molecule has 84 valence electrons. The first-order valence-electron chi connectivity index (χ1n) is 3.59. The molecule has 0 aliphatic heterocycles. The minimum absolute atomic E-state index is 0.388. The lowest BCUT2D eigenvalue weighted by atomic mass is 10.6. The molecule has 1 rings (SSSR count). The molecule has 0 N–H and O–H groups in total. The predicted octanol–water partition coefficient (Wildman–Crippen LogP) is 2.97. The van der Waals surface area contributed by atoms with Gasteiger partial charge in [0.25, 0.3) is 0 Å². The van der Waals surface area contributed by atoms with Gasteiger partial charge >= 0.3 is 12.1 Å².